The second-order valence-electron chi connectivity index (χ2n) is 7.03. The monoisotopic (exact) mass is 265 g/mol. The maximum Gasteiger partial charge on any atom is 0.0882 e. The zero-order chi connectivity index (χ0) is 14.0. The molecule has 108 valence electrons. The van der Waals surface area contributed by atoms with Crippen LogP contribution in [0.5, 0.6) is 0 Å². The van der Waals surface area contributed by atoms with Gasteiger partial charge in [-0.25, -0.2) is 0 Å². The Morgan fingerprint density at radius 2 is 1.58 bits per heavy atom. The van der Waals surface area contributed by atoms with Crippen LogP contribution in [0.4, 0.5) is 0 Å². The molecule has 1 N–H and O–H groups in total. The molecule has 0 bridgehead atoms. The van der Waals surface area contributed by atoms with E-state index >= 15 is 0 Å². The van der Waals surface area contributed by atoms with Gasteiger partial charge in [0.1, 0.15) is 0 Å². The van der Waals surface area contributed by atoms with Crippen LogP contribution in [0.3, 0.4) is 0 Å². The highest BCUT2D eigenvalue weighted by Crippen LogP contribution is 2.50. The Labute approximate surface area is 117 Å². The van der Waals surface area contributed by atoms with E-state index in [0.29, 0.717) is 19.4 Å². The Hall–Kier alpha value is -0.590. The van der Waals surface area contributed by atoms with Crippen molar-refractivity contribution in [3.8, 4) is 6.07 Å². The highest BCUT2D eigenvalue weighted by Gasteiger charge is 2.54. The van der Waals surface area contributed by atoms with Crippen LogP contribution in [0.2, 0.25) is 0 Å². The summed E-state index contributed by atoms with van der Waals surface area (Å²) in [7, 11) is 0. The SMILES string of the molecule is CC1(C)CC(O)(C2(C#N)CCCCCCC2)CCO1. The topological polar surface area (TPSA) is 53.2 Å². The lowest BCUT2D eigenvalue weighted by molar-refractivity contribution is -0.186. The van der Waals surface area contributed by atoms with Gasteiger partial charge in [-0.2, -0.15) is 5.26 Å². The molecule has 1 aliphatic carbocycles. The van der Waals surface area contributed by atoms with E-state index < -0.39 is 11.0 Å². The van der Waals surface area contributed by atoms with Gasteiger partial charge in [-0.3, -0.25) is 0 Å². The predicted molar refractivity (Wildman–Crippen MR) is 74.6 cm³/mol. The van der Waals surface area contributed by atoms with Gasteiger partial charge in [-0.15, -0.1) is 0 Å². The molecule has 0 radical (unpaired) electrons. The molecule has 0 aromatic rings. The van der Waals surface area contributed by atoms with Gasteiger partial charge in [0.05, 0.1) is 29.3 Å². The number of hydrogen-bond donors (Lipinski definition) is 1. The Morgan fingerprint density at radius 1 is 1.00 bits per heavy atom. The first-order valence-corrected chi connectivity index (χ1v) is 7.71. The fourth-order valence-electron chi connectivity index (χ4n) is 3.94. The van der Waals surface area contributed by atoms with Crippen molar-refractivity contribution in [2.45, 2.75) is 82.8 Å². The molecule has 1 saturated carbocycles. The minimum Gasteiger partial charge on any atom is -0.388 e. The van der Waals surface area contributed by atoms with Crippen LogP contribution in [0.15, 0.2) is 0 Å². The molecule has 0 aromatic heterocycles. The fraction of sp³-hybridized carbons (Fsp3) is 0.938. The van der Waals surface area contributed by atoms with Gasteiger partial charge in [0.15, 0.2) is 0 Å². The quantitative estimate of drug-likeness (QED) is 0.788. The minimum absolute atomic E-state index is 0.320. The molecule has 0 amide bonds. The van der Waals surface area contributed by atoms with Crippen molar-refractivity contribution in [1.29, 1.82) is 5.26 Å². The molecule has 2 fully saturated rings. The van der Waals surface area contributed by atoms with E-state index in [-0.39, 0.29) is 5.60 Å². The summed E-state index contributed by atoms with van der Waals surface area (Å²) in [4.78, 5) is 0. The maximum absolute atomic E-state index is 11.2. The van der Waals surface area contributed by atoms with Crippen molar-refractivity contribution < 1.29 is 9.84 Å². The van der Waals surface area contributed by atoms with E-state index in [0.717, 1.165) is 25.7 Å². The van der Waals surface area contributed by atoms with Crippen LogP contribution < -0.4 is 0 Å². The molecule has 0 aromatic carbocycles. The van der Waals surface area contributed by atoms with E-state index in [1.807, 2.05) is 13.8 Å². The van der Waals surface area contributed by atoms with Crippen LogP contribution in [-0.2, 0) is 4.74 Å². The fourth-order valence-corrected chi connectivity index (χ4v) is 3.94. The molecule has 1 atom stereocenters. The van der Waals surface area contributed by atoms with Gasteiger partial charge >= 0.3 is 0 Å². The highest BCUT2D eigenvalue weighted by molar-refractivity contribution is 5.14. The Bertz CT molecular complexity index is 350. The lowest BCUT2D eigenvalue weighted by atomic mass is 9.61. The van der Waals surface area contributed by atoms with E-state index in [4.69, 9.17) is 4.74 Å². The second-order valence-corrected chi connectivity index (χ2v) is 7.03. The number of aliphatic hydroxyl groups is 1. The molecular weight excluding hydrogens is 238 g/mol. The smallest absolute Gasteiger partial charge is 0.0882 e. The van der Waals surface area contributed by atoms with E-state index in [9.17, 15) is 10.4 Å². The molecular formula is C16H27NO2. The van der Waals surface area contributed by atoms with Gasteiger partial charge in [0, 0.05) is 12.8 Å². The summed E-state index contributed by atoms with van der Waals surface area (Å²) in [5.74, 6) is 0. The summed E-state index contributed by atoms with van der Waals surface area (Å²) in [5, 5.41) is 21.0. The summed E-state index contributed by atoms with van der Waals surface area (Å²) >= 11 is 0. The Morgan fingerprint density at radius 3 is 2.11 bits per heavy atom. The van der Waals surface area contributed by atoms with Crippen LogP contribution in [0.1, 0.15) is 71.6 Å². The standard InChI is InChI=1S/C16H27NO2/c1-14(2)12-16(18,10-11-19-14)15(13-17)8-6-4-3-5-7-9-15/h18H,3-12H2,1-2H3. The van der Waals surface area contributed by atoms with Crippen LogP contribution in [0.25, 0.3) is 0 Å². The van der Waals surface area contributed by atoms with Crippen molar-refractivity contribution in [3.63, 3.8) is 0 Å². The maximum atomic E-state index is 11.2. The first-order chi connectivity index (χ1) is 8.93. The molecule has 0 spiro atoms. The molecule has 19 heavy (non-hydrogen) atoms. The molecule has 1 saturated heterocycles. The largest absolute Gasteiger partial charge is 0.388 e. The van der Waals surface area contributed by atoms with Crippen LogP contribution >= 0.6 is 0 Å². The third kappa shape index (κ3) is 2.95. The summed E-state index contributed by atoms with van der Waals surface area (Å²) in [5.41, 5.74) is -1.76. The number of nitriles is 1. The normalized spacial score (nSPS) is 34.8. The molecule has 2 aliphatic rings. The zero-order valence-corrected chi connectivity index (χ0v) is 12.4. The van der Waals surface area contributed by atoms with Gasteiger partial charge in [0.25, 0.3) is 0 Å². The average molecular weight is 265 g/mol. The lowest BCUT2D eigenvalue weighted by Crippen LogP contribution is -2.56. The predicted octanol–water partition coefficient (Wildman–Crippen LogP) is 3.56. The minimum atomic E-state index is -0.874. The highest BCUT2D eigenvalue weighted by atomic mass is 16.5. The molecule has 2 rings (SSSR count). The molecule has 3 nitrogen and oxygen atoms in total. The number of hydrogen-bond acceptors (Lipinski definition) is 3. The third-order valence-corrected chi connectivity index (χ3v) is 5.04. The van der Waals surface area contributed by atoms with E-state index in [2.05, 4.69) is 6.07 Å². The Kier molecular flexibility index (Phi) is 4.23. The van der Waals surface area contributed by atoms with Crippen molar-refractivity contribution in [3.05, 3.63) is 0 Å². The summed E-state index contributed by atoms with van der Waals surface area (Å²) in [6.45, 7) is 4.60. The number of rotatable bonds is 1. The van der Waals surface area contributed by atoms with Crippen molar-refractivity contribution >= 4 is 0 Å². The summed E-state index contributed by atoms with van der Waals surface area (Å²) in [6.07, 6.45) is 8.66. The van der Waals surface area contributed by atoms with Gasteiger partial charge < -0.3 is 9.84 Å². The first-order valence-electron chi connectivity index (χ1n) is 7.71. The molecule has 3 heteroatoms. The van der Waals surface area contributed by atoms with E-state index in [1.54, 1.807) is 0 Å². The van der Waals surface area contributed by atoms with Crippen LogP contribution in [0, 0.1) is 16.7 Å². The first kappa shape index (κ1) is 14.8. The zero-order valence-electron chi connectivity index (χ0n) is 12.4. The molecule has 1 aliphatic heterocycles. The van der Waals surface area contributed by atoms with Gasteiger partial charge in [-0.1, -0.05) is 32.1 Å². The summed E-state index contributed by atoms with van der Waals surface area (Å²) < 4.78 is 5.73. The van der Waals surface area contributed by atoms with Gasteiger partial charge in [-0.05, 0) is 26.7 Å². The second kappa shape index (κ2) is 5.42. The summed E-state index contributed by atoms with van der Waals surface area (Å²) in [6, 6.07) is 2.53. The Balaban J connectivity index is 2.25. The van der Waals surface area contributed by atoms with E-state index in [1.165, 1.54) is 19.3 Å². The lowest BCUT2D eigenvalue weighted by Gasteiger charge is -2.50. The third-order valence-electron chi connectivity index (χ3n) is 5.04. The van der Waals surface area contributed by atoms with Crippen molar-refractivity contribution in [2.75, 3.05) is 6.61 Å². The van der Waals surface area contributed by atoms with Crippen molar-refractivity contribution in [2.24, 2.45) is 5.41 Å². The molecule has 1 unspecified atom stereocenters. The average Bonchev–Trinajstić information content (AvgIpc) is 2.27. The van der Waals surface area contributed by atoms with Crippen molar-refractivity contribution in [1.82, 2.24) is 0 Å². The molecule has 1 heterocycles. The number of nitrogens with zero attached hydrogens (tertiary/aromatic N) is 1. The van der Waals surface area contributed by atoms with Crippen LogP contribution in [-0.4, -0.2) is 22.9 Å². The van der Waals surface area contributed by atoms with Gasteiger partial charge in [0.2, 0.25) is 0 Å². The number of ether oxygens (including phenoxy) is 1.